The highest BCUT2D eigenvalue weighted by Crippen LogP contribution is 2.15. The Hall–Kier alpha value is -0.870. The molecule has 3 atom stereocenters. The van der Waals surface area contributed by atoms with Crippen LogP contribution >= 0.6 is 0 Å². The van der Waals surface area contributed by atoms with E-state index in [1.807, 2.05) is 18.7 Å². The van der Waals surface area contributed by atoms with Crippen LogP contribution in [0.2, 0.25) is 0 Å². The van der Waals surface area contributed by atoms with E-state index in [1.165, 1.54) is 19.4 Å². The lowest BCUT2D eigenvalue weighted by Gasteiger charge is -2.36. The van der Waals surface area contributed by atoms with Gasteiger partial charge in [0.05, 0.1) is 6.33 Å². The Kier molecular flexibility index (Phi) is 4.18. The highest BCUT2D eigenvalue weighted by Gasteiger charge is 2.23. The van der Waals surface area contributed by atoms with E-state index in [-0.39, 0.29) is 0 Å². The lowest BCUT2D eigenvalue weighted by molar-refractivity contribution is 0.161. The van der Waals surface area contributed by atoms with Crippen molar-refractivity contribution in [1.82, 2.24) is 19.8 Å². The monoisotopic (exact) mass is 236 g/mol. The molecule has 1 fully saturated rings. The second kappa shape index (κ2) is 5.65. The first-order chi connectivity index (χ1) is 8.15. The van der Waals surface area contributed by atoms with Gasteiger partial charge >= 0.3 is 0 Å². The Morgan fingerprint density at radius 1 is 1.53 bits per heavy atom. The third-order valence-electron chi connectivity index (χ3n) is 3.77. The van der Waals surface area contributed by atoms with Crippen LogP contribution in [0.5, 0.6) is 0 Å². The van der Waals surface area contributed by atoms with Crippen molar-refractivity contribution in [3.8, 4) is 0 Å². The third kappa shape index (κ3) is 3.54. The predicted molar refractivity (Wildman–Crippen MR) is 69.9 cm³/mol. The number of imidazole rings is 1. The van der Waals surface area contributed by atoms with Gasteiger partial charge in [0.2, 0.25) is 0 Å². The number of aromatic nitrogens is 2. The first-order valence-electron chi connectivity index (χ1n) is 6.57. The topological polar surface area (TPSA) is 33.1 Å². The summed E-state index contributed by atoms with van der Waals surface area (Å²) in [5.41, 5.74) is 0. The van der Waals surface area contributed by atoms with Gasteiger partial charge in [-0.2, -0.15) is 0 Å². The van der Waals surface area contributed by atoms with Gasteiger partial charge in [-0.25, -0.2) is 4.98 Å². The molecule has 2 rings (SSSR count). The minimum absolute atomic E-state index is 0.504. The fourth-order valence-electron chi connectivity index (χ4n) is 2.61. The van der Waals surface area contributed by atoms with Gasteiger partial charge in [0, 0.05) is 37.1 Å². The molecule has 4 nitrogen and oxygen atoms in total. The molecule has 0 radical (unpaired) electrons. The van der Waals surface area contributed by atoms with E-state index in [9.17, 15) is 0 Å². The Morgan fingerprint density at radius 3 is 3.00 bits per heavy atom. The molecule has 1 aromatic rings. The summed E-state index contributed by atoms with van der Waals surface area (Å²) < 4.78 is 2.13. The summed E-state index contributed by atoms with van der Waals surface area (Å²) in [6.45, 7) is 6.77. The van der Waals surface area contributed by atoms with E-state index in [0.717, 1.165) is 6.54 Å². The molecular formula is C13H24N4. The van der Waals surface area contributed by atoms with Crippen LogP contribution in [-0.4, -0.2) is 46.2 Å². The molecule has 1 saturated heterocycles. The van der Waals surface area contributed by atoms with Crippen molar-refractivity contribution in [1.29, 1.82) is 0 Å². The Morgan fingerprint density at radius 2 is 2.35 bits per heavy atom. The number of likely N-dealkylation sites (tertiary alicyclic amines) is 1. The molecule has 0 aromatic carbocycles. The summed E-state index contributed by atoms with van der Waals surface area (Å²) in [4.78, 5) is 6.52. The molecule has 4 heteroatoms. The van der Waals surface area contributed by atoms with Gasteiger partial charge in [0.1, 0.15) is 0 Å². The minimum Gasteiger partial charge on any atom is -0.336 e. The number of piperidine rings is 1. The number of nitrogens with one attached hydrogen (secondary N) is 1. The van der Waals surface area contributed by atoms with Gasteiger partial charge in [0.15, 0.2) is 0 Å². The maximum absolute atomic E-state index is 4.07. The van der Waals surface area contributed by atoms with E-state index in [2.05, 4.69) is 40.7 Å². The molecule has 1 N–H and O–H groups in total. The molecule has 1 aliphatic heterocycles. The fourth-order valence-corrected chi connectivity index (χ4v) is 2.61. The smallest absolute Gasteiger partial charge is 0.0946 e. The van der Waals surface area contributed by atoms with Crippen molar-refractivity contribution in [2.75, 3.05) is 13.6 Å². The average Bonchev–Trinajstić information content (AvgIpc) is 2.76. The number of rotatable bonds is 4. The normalized spacial score (nSPS) is 28.2. The van der Waals surface area contributed by atoms with E-state index >= 15 is 0 Å². The Bertz CT molecular complexity index is 322. The molecule has 0 spiro atoms. The standard InChI is InChI=1S/C13H24N4/c1-11(9-17-7-5-14-10-17)15-13-4-6-16(3)12(2)8-13/h5,7,10-13,15H,4,6,8-9H2,1-3H3. The van der Waals surface area contributed by atoms with Crippen LogP contribution in [0, 0.1) is 0 Å². The molecule has 0 bridgehead atoms. The molecule has 0 aliphatic carbocycles. The lowest BCUT2D eigenvalue weighted by atomic mass is 9.98. The molecule has 3 unspecified atom stereocenters. The van der Waals surface area contributed by atoms with Crippen molar-refractivity contribution in [3.63, 3.8) is 0 Å². The van der Waals surface area contributed by atoms with E-state index in [0.29, 0.717) is 18.1 Å². The predicted octanol–water partition coefficient (Wildman–Crippen LogP) is 1.34. The highest BCUT2D eigenvalue weighted by atomic mass is 15.2. The van der Waals surface area contributed by atoms with Crippen LogP contribution in [0.25, 0.3) is 0 Å². The molecule has 1 aromatic heterocycles. The summed E-state index contributed by atoms with van der Waals surface area (Å²) in [5.74, 6) is 0. The maximum Gasteiger partial charge on any atom is 0.0946 e. The summed E-state index contributed by atoms with van der Waals surface area (Å²) >= 11 is 0. The van der Waals surface area contributed by atoms with Crippen molar-refractivity contribution >= 4 is 0 Å². The summed E-state index contributed by atoms with van der Waals surface area (Å²) in [7, 11) is 2.22. The third-order valence-corrected chi connectivity index (χ3v) is 3.77. The number of nitrogens with zero attached hydrogens (tertiary/aromatic N) is 3. The van der Waals surface area contributed by atoms with Gasteiger partial charge in [-0.05, 0) is 40.3 Å². The van der Waals surface area contributed by atoms with Crippen LogP contribution < -0.4 is 5.32 Å². The van der Waals surface area contributed by atoms with Crippen LogP contribution in [0.1, 0.15) is 26.7 Å². The SMILES string of the molecule is CC(Cn1ccnc1)NC1CCN(C)C(C)C1. The zero-order valence-corrected chi connectivity index (χ0v) is 11.1. The molecular weight excluding hydrogens is 212 g/mol. The van der Waals surface area contributed by atoms with Gasteiger partial charge in [0.25, 0.3) is 0 Å². The van der Waals surface area contributed by atoms with Crippen molar-refractivity contribution in [2.45, 2.75) is 51.4 Å². The average molecular weight is 236 g/mol. The molecule has 96 valence electrons. The second-order valence-corrected chi connectivity index (χ2v) is 5.38. The van der Waals surface area contributed by atoms with E-state index in [1.54, 1.807) is 0 Å². The zero-order chi connectivity index (χ0) is 12.3. The van der Waals surface area contributed by atoms with Crippen LogP contribution in [0.15, 0.2) is 18.7 Å². The first kappa shape index (κ1) is 12.6. The molecule has 2 heterocycles. The number of hydrogen-bond acceptors (Lipinski definition) is 3. The summed E-state index contributed by atoms with van der Waals surface area (Å²) in [6.07, 6.45) is 8.26. The first-order valence-corrected chi connectivity index (χ1v) is 6.57. The maximum atomic E-state index is 4.07. The van der Waals surface area contributed by atoms with E-state index in [4.69, 9.17) is 0 Å². The number of hydrogen-bond donors (Lipinski definition) is 1. The van der Waals surface area contributed by atoms with Gasteiger partial charge < -0.3 is 14.8 Å². The van der Waals surface area contributed by atoms with Crippen molar-refractivity contribution < 1.29 is 0 Å². The Balaban J connectivity index is 1.77. The minimum atomic E-state index is 0.504. The van der Waals surface area contributed by atoms with Gasteiger partial charge in [-0.1, -0.05) is 0 Å². The van der Waals surface area contributed by atoms with Crippen molar-refractivity contribution in [2.24, 2.45) is 0 Å². The largest absolute Gasteiger partial charge is 0.336 e. The summed E-state index contributed by atoms with van der Waals surface area (Å²) in [5, 5.41) is 3.73. The molecule has 0 amide bonds. The lowest BCUT2D eigenvalue weighted by Crippen LogP contribution is -2.48. The quantitative estimate of drug-likeness (QED) is 0.856. The molecule has 0 saturated carbocycles. The van der Waals surface area contributed by atoms with E-state index < -0.39 is 0 Å². The van der Waals surface area contributed by atoms with Crippen LogP contribution in [0.3, 0.4) is 0 Å². The van der Waals surface area contributed by atoms with Gasteiger partial charge in [-0.3, -0.25) is 0 Å². The van der Waals surface area contributed by atoms with Gasteiger partial charge in [-0.15, -0.1) is 0 Å². The second-order valence-electron chi connectivity index (χ2n) is 5.38. The molecule has 1 aliphatic rings. The Labute approximate surface area is 104 Å². The zero-order valence-electron chi connectivity index (χ0n) is 11.1. The van der Waals surface area contributed by atoms with Crippen LogP contribution in [-0.2, 0) is 6.54 Å². The molecule has 17 heavy (non-hydrogen) atoms. The van der Waals surface area contributed by atoms with Crippen molar-refractivity contribution in [3.05, 3.63) is 18.7 Å². The fraction of sp³-hybridized carbons (Fsp3) is 0.769. The summed E-state index contributed by atoms with van der Waals surface area (Å²) in [6, 6.07) is 1.87. The van der Waals surface area contributed by atoms with Crippen LogP contribution in [0.4, 0.5) is 0 Å². The highest BCUT2D eigenvalue weighted by molar-refractivity contribution is 4.84.